The predicted molar refractivity (Wildman–Crippen MR) is 122 cm³/mol. The Labute approximate surface area is 178 Å². The van der Waals surface area contributed by atoms with Crippen LogP contribution in [0.15, 0.2) is 60.7 Å². The molecule has 3 aromatic rings. The number of rotatable bonds is 6. The molecule has 0 radical (unpaired) electrons. The van der Waals surface area contributed by atoms with Crippen LogP contribution < -0.4 is 10.6 Å². The molecule has 0 aliphatic carbocycles. The van der Waals surface area contributed by atoms with Crippen molar-refractivity contribution in [1.82, 2.24) is 15.5 Å². The van der Waals surface area contributed by atoms with E-state index in [1.807, 2.05) is 24.3 Å². The molecule has 0 saturated carbocycles. The molecule has 1 aliphatic heterocycles. The first-order chi connectivity index (χ1) is 14.6. The lowest BCUT2D eigenvalue weighted by atomic mass is 9.94. The minimum absolute atomic E-state index is 0.0210. The van der Waals surface area contributed by atoms with Crippen molar-refractivity contribution in [3.8, 4) is 11.1 Å². The highest BCUT2D eigenvalue weighted by Gasteiger charge is 2.17. The maximum absolute atomic E-state index is 12.9. The van der Waals surface area contributed by atoms with Crippen LogP contribution in [0.5, 0.6) is 0 Å². The lowest BCUT2D eigenvalue weighted by Crippen LogP contribution is -2.45. The van der Waals surface area contributed by atoms with Crippen LogP contribution >= 0.6 is 0 Å². The summed E-state index contributed by atoms with van der Waals surface area (Å²) in [6.07, 6.45) is 0.0210. The van der Waals surface area contributed by atoms with E-state index in [9.17, 15) is 4.79 Å². The van der Waals surface area contributed by atoms with Crippen LogP contribution in [-0.4, -0.2) is 57.2 Å². The van der Waals surface area contributed by atoms with Crippen LogP contribution in [0.4, 0.5) is 0 Å². The van der Waals surface area contributed by atoms with Crippen LogP contribution in [0.2, 0.25) is 0 Å². The number of carbonyl (C=O) groups is 1. The number of hydrogen-bond acceptors (Lipinski definition) is 4. The quantitative estimate of drug-likeness (QED) is 0.663. The van der Waals surface area contributed by atoms with Crippen molar-refractivity contribution in [3.05, 3.63) is 71.8 Å². The van der Waals surface area contributed by atoms with E-state index in [0.29, 0.717) is 18.7 Å². The van der Waals surface area contributed by atoms with E-state index in [0.717, 1.165) is 36.0 Å². The molecule has 1 heterocycles. The Morgan fingerprint density at radius 3 is 2.70 bits per heavy atom. The van der Waals surface area contributed by atoms with Crippen molar-refractivity contribution in [2.75, 3.05) is 40.3 Å². The molecule has 2 N–H and O–H groups in total. The second kappa shape index (κ2) is 9.39. The van der Waals surface area contributed by atoms with Gasteiger partial charge < -0.3 is 20.3 Å². The molecule has 1 saturated heterocycles. The van der Waals surface area contributed by atoms with E-state index < -0.39 is 0 Å². The maximum atomic E-state index is 12.9. The van der Waals surface area contributed by atoms with Gasteiger partial charge in [-0.3, -0.25) is 4.79 Å². The van der Waals surface area contributed by atoms with E-state index in [1.165, 1.54) is 11.1 Å². The molecular formula is C25H29N3O2. The summed E-state index contributed by atoms with van der Waals surface area (Å²) in [5, 5.41) is 8.38. The van der Waals surface area contributed by atoms with Gasteiger partial charge in [0.15, 0.2) is 0 Å². The first-order valence-electron chi connectivity index (χ1n) is 10.5. The first kappa shape index (κ1) is 20.5. The third-order valence-electron chi connectivity index (χ3n) is 5.40. The lowest BCUT2D eigenvalue weighted by Gasteiger charge is -2.23. The highest BCUT2D eigenvalue weighted by molar-refractivity contribution is 6.10. The van der Waals surface area contributed by atoms with Crippen molar-refractivity contribution in [2.45, 2.75) is 12.6 Å². The minimum atomic E-state index is -0.0618. The van der Waals surface area contributed by atoms with Gasteiger partial charge in [-0.05, 0) is 53.7 Å². The summed E-state index contributed by atoms with van der Waals surface area (Å²) in [7, 11) is 4.15. The summed E-state index contributed by atoms with van der Waals surface area (Å²) >= 11 is 0. The molecule has 1 unspecified atom stereocenters. The summed E-state index contributed by atoms with van der Waals surface area (Å²) in [4.78, 5) is 15.1. The van der Waals surface area contributed by atoms with E-state index in [-0.39, 0.29) is 12.0 Å². The standard InChI is InChI=1S/C25H29N3O2/c1-28(2)17-18-6-3-7-19(14-18)21-8-4-10-23-22(21)9-5-11-24(23)25(29)27-16-20-15-26-12-13-30-20/h3-11,14,20,26H,12-13,15-17H2,1-2H3,(H,27,29). The van der Waals surface area contributed by atoms with Gasteiger partial charge in [-0.25, -0.2) is 0 Å². The average Bonchev–Trinajstić information content (AvgIpc) is 2.77. The average molecular weight is 404 g/mol. The molecule has 0 bridgehead atoms. The Balaban J connectivity index is 1.62. The molecule has 1 amide bonds. The van der Waals surface area contributed by atoms with Gasteiger partial charge in [0, 0.05) is 31.7 Å². The summed E-state index contributed by atoms with van der Waals surface area (Å²) < 4.78 is 5.69. The second-order valence-corrected chi connectivity index (χ2v) is 8.05. The molecule has 30 heavy (non-hydrogen) atoms. The van der Waals surface area contributed by atoms with Crippen LogP contribution in [0.1, 0.15) is 15.9 Å². The van der Waals surface area contributed by atoms with Gasteiger partial charge in [0.05, 0.1) is 12.7 Å². The van der Waals surface area contributed by atoms with Crippen molar-refractivity contribution in [2.24, 2.45) is 0 Å². The predicted octanol–water partition coefficient (Wildman–Crippen LogP) is 3.29. The molecule has 3 aromatic carbocycles. The van der Waals surface area contributed by atoms with Crippen LogP contribution in [-0.2, 0) is 11.3 Å². The minimum Gasteiger partial charge on any atom is -0.374 e. The Morgan fingerprint density at radius 1 is 1.10 bits per heavy atom. The van der Waals surface area contributed by atoms with Gasteiger partial charge in [0.1, 0.15) is 0 Å². The third-order valence-corrected chi connectivity index (χ3v) is 5.40. The molecule has 1 fully saturated rings. The van der Waals surface area contributed by atoms with Gasteiger partial charge >= 0.3 is 0 Å². The van der Waals surface area contributed by atoms with E-state index >= 15 is 0 Å². The Kier molecular flexibility index (Phi) is 6.43. The number of hydrogen-bond donors (Lipinski definition) is 2. The lowest BCUT2D eigenvalue weighted by molar-refractivity contribution is 0.0287. The highest BCUT2D eigenvalue weighted by Crippen LogP contribution is 2.31. The van der Waals surface area contributed by atoms with Gasteiger partial charge in [-0.15, -0.1) is 0 Å². The van der Waals surface area contributed by atoms with E-state index in [1.54, 1.807) is 0 Å². The molecule has 4 rings (SSSR count). The fourth-order valence-electron chi connectivity index (χ4n) is 4.01. The monoisotopic (exact) mass is 403 g/mol. The molecule has 5 nitrogen and oxygen atoms in total. The molecule has 0 aromatic heterocycles. The summed E-state index contributed by atoms with van der Waals surface area (Å²) in [5.41, 5.74) is 4.27. The number of ether oxygens (including phenoxy) is 1. The van der Waals surface area contributed by atoms with Crippen molar-refractivity contribution >= 4 is 16.7 Å². The van der Waals surface area contributed by atoms with Crippen molar-refractivity contribution < 1.29 is 9.53 Å². The van der Waals surface area contributed by atoms with Gasteiger partial charge in [0.25, 0.3) is 5.91 Å². The maximum Gasteiger partial charge on any atom is 0.252 e. The number of nitrogens with one attached hydrogen (secondary N) is 2. The largest absolute Gasteiger partial charge is 0.374 e. The van der Waals surface area contributed by atoms with Crippen molar-refractivity contribution in [1.29, 1.82) is 0 Å². The Hall–Kier alpha value is -2.73. The van der Waals surface area contributed by atoms with E-state index in [2.05, 4.69) is 66.0 Å². The normalized spacial score (nSPS) is 16.7. The number of amides is 1. The van der Waals surface area contributed by atoms with Gasteiger partial charge in [-0.1, -0.05) is 48.5 Å². The zero-order chi connectivity index (χ0) is 20.9. The number of fused-ring (bicyclic) bond motifs is 1. The van der Waals surface area contributed by atoms with Crippen LogP contribution in [0.3, 0.4) is 0 Å². The van der Waals surface area contributed by atoms with Gasteiger partial charge in [-0.2, -0.15) is 0 Å². The highest BCUT2D eigenvalue weighted by atomic mass is 16.5. The molecule has 5 heteroatoms. The molecule has 156 valence electrons. The zero-order valence-corrected chi connectivity index (χ0v) is 17.7. The fourth-order valence-corrected chi connectivity index (χ4v) is 4.01. The number of carbonyl (C=O) groups excluding carboxylic acids is 1. The summed E-state index contributed by atoms with van der Waals surface area (Å²) in [6, 6.07) is 20.7. The second-order valence-electron chi connectivity index (χ2n) is 8.05. The zero-order valence-electron chi connectivity index (χ0n) is 17.7. The topological polar surface area (TPSA) is 53.6 Å². The van der Waals surface area contributed by atoms with Crippen molar-refractivity contribution in [3.63, 3.8) is 0 Å². The van der Waals surface area contributed by atoms with E-state index in [4.69, 9.17) is 4.74 Å². The first-order valence-corrected chi connectivity index (χ1v) is 10.5. The molecule has 1 atom stereocenters. The Morgan fingerprint density at radius 2 is 1.90 bits per heavy atom. The molecule has 0 spiro atoms. The third kappa shape index (κ3) is 4.70. The Bertz CT molecular complexity index is 1030. The number of nitrogens with zero attached hydrogens (tertiary/aromatic N) is 1. The molecular weight excluding hydrogens is 374 g/mol. The number of morpholine rings is 1. The number of benzene rings is 3. The van der Waals surface area contributed by atoms with Gasteiger partial charge in [0.2, 0.25) is 0 Å². The summed E-state index contributed by atoms with van der Waals surface area (Å²) in [5.74, 6) is -0.0618. The van der Waals surface area contributed by atoms with Crippen LogP contribution in [0, 0.1) is 0 Å². The fraction of sp³-hybridized carbons (Fsp3) is 0.320. The summed E-state index contributed by atoms with van der Waals surface area (Å²) in [6.45, 7) is 3.72. The molecule has 1 aliphatic rings. The van der Waals surface area contributed by atoms with Crippen LogP contribution in [0.25, 0.3) is 21.9 Å². The smallest absolute Gasteiger partial charge is 0.252 e. The SMILES string of the molecule is CN(C)Cc1cccc(-c2cccc3c(C(=O)NCC4CNCCO4)cccc23)c1.